The van der Waals surface area contributed by atoms with Crippen LogP contribution in [-0.4, -0.2) is 19.3 Å². The molecule has 0 bridgehead atoms. The van der Waals surface area contributed by atoms with Crippen LogP contribution in [0.25, 0.3) is 0 Å². The zero-order valence-corrected chi connectivity index (χ0v) is 17.3. The summed E-state index contributed by atoms with van der Waals surface area (Å²) >= 11 is 12.8. The lowest BCUT2D eigenvalue weighted by molar-refractivity contribution is 0.380. The van der Waals surface area contributed by atoms with Gasteiger partial charge in [-0.05, 0) is 56.5 Å². The van der Waals surface area contributed by atoms with Crippen LogP contribution >= 0.6 is 23.2 Å². The lowest BCUT2D eigenvalue weighted by atomic mass is 9.38. The van der Waals surface area contributed by atoms with E-state index in [4.69, 9.17) is 23.2 Å². The first-order chi connectivity index (χ1) is 12.5. The number of halogens is 2. The van der Waals surface area contributed by atoms with Gasteiger partial charge in [-0.1, -0.05) is 84.0 Å². The van der Waals surface area contributed by atoms with Crippen molar-refractivity contribution in [2.75, 3.05) is 6.54 Å². The summed E-state index contributed by atoms with van der Waals surface area (Å²) in [5, 5.41) is 5.46. The quantitative estimate of drug-likeness (QED) is 0.676. The Kier molecular flexibility index (Phi) is 7.08. The Bertz CT molecular complexity index is 689. The van der Waals surface area contributed by atoms with Crippen molar-refractivity contribution in [3.05, 3.63) is 57.6 Å². The summed E-state index contributed by atoms with van der Waals surface area (Å²) in [7, 11) is 0. The van der Waals surface area contributed by atoms with Crippen molar-refractivity contribution in [2.24, 2.45) is 0 Å². The molecule has 1 aliphatic rings. The molecule has 1 aliphatic carbocycles. The van der Waals surface area contributed by atoms with Crippen molar-refractivity contribution in [2.45, 2.75) is 58.3 Å². The molecule has 0 atom stereocenters. The molecule has 3 rings (SSSR count). The van der Waals surface area contributed by atoms with E-state index in [2.05, 4.69) is 55.6 Å². The van der Waals surface area contributed by atoms with E-state index in [1.165, 1.54) is 43.0 Å². The van der Waals surface area contributed by atoms with Gasteiger partial charge < -0.3 is 5.32 Å². The van der Waals surface area contributed by atoms with Gasteiger partial charge in [-0.25, -0.2) is 0 Å². The van der Waals surface area contributed by atoms with E-state index in [0.29, 0.717) is 12.8 Å². The van der Waals surface area contributed by atoms with Crippen LogP contribution in [0.4, 0.5) is 0 Å². The number of benzene rings is 2. The van der Waals surface area contributed by atoms with Gasteiger partial charge in [-0.15, -0.1) is 0 Å². The Labute approximate surface area is 168 Å². The summed E-state index contributed by atoms with van der Waals surface area (Å²) in [4.78, 5) is 0. The predicted molar refractivity (Wildman–Crippen MR) is 117 cm³/mol. The van der Waals surface area contributed by atoms with Crippen molar-refractivity contribution in [3.8, 4) is 0 Å². The average molecular weight is 388 g/mol. The van der Waals surface area contributed by atoms with E-state index in [1.807, 2.05) is 0 Å². The number of hydrogen-bond donors (Lipinski definition) is 1. The second kappa shape index (κ2) is 9.31. The van der Waals surface area contributed by atoms with Crippen LogP contribution in [-0.2, 0) is 0 Å². The third kappa shape index (κ3) is 5.06. The van der Waals surface area contributed by atoms with Gasteiger partial charge in [0.1, 0.15) is 0 Å². The normalized spacial score (nSPS) is 15.2. The first-order valence-corrected chi connectivity index (χ1v) is 10.6. The van der Waals surface area contributed by atoms with Crippen molar-refractivity contribution in [1.82, 2.24) is 5.32 Å². The Balaban J connectivity index is 1.78. The zero-order chi connectivity index (χ0) is 18.5. The van der Waals surface area contributed by atoms with Crippen LogP contribution in [0, 0.1) is 13.8 Å². The van der Waals surface area contributed by atoms with Gasteiger partial charge in [0.2, 0.25) is 6.71 Å². The van der Waals surface area contributed by atoms with Crippen molar-refractivity contribution in [1.29, 1.82) is 0 Å². The molecule has 2 aromatic carbocycles. The molecule has 1 saturated carbocycles. The number of hydrogen-bond acceptors (Lipinski definition) is 1. The predicted octanol–water partition coefficient (Wildman–Crippen LogP) is 5.14. The van der Waals surface area contributed by atoms with Crippen molar-refractivity contribution < 1.29 is 0 Å². The molecule has 1 nitrogen and oxygen atoms in total. The van der Waals surface area contributed by atoms with E-state index >= 15 is 0 Å². The maximum Gasteiger partial charge on any atom is 0.210 e. The highest BCUT2D eigenvalue weighted by atomic mass is 35.5. The standard InChI is InChI=1S/C22H28BCl2N/c1-16-8-10-18(14-21(16)24)23(19-11-9-17(2)22(25)15-19)12-13-26-20-6-4-3-5-7-20/h8-11,14-15,20,26H,3-7,12-13H2,1-2H3. The molecular formula is C22H28BCl2N. The summed E-state index contributed by atoms with van der Waals surface area (Å²) in [5.74, 6) is 0. The van der Waals surface area contributed by atoms with Gasteiger partial charge in [-0.2, -0.15) is 0 Å². The van der Waals surface area contributed by atoms with Gasteiger partial charge in [0, 0.05) is 16.1 Å². The van der Waals surface area contributed by atoms with Crippen LogP contribution in [0.15, 0.2) is 36.4 Å². The highest BCUT2D eigenvalue weighted by Gasteiger charge is 2.21. The molecule has 0 amide bonds. The molecule has 0 aromatic heterocycles. The molecule has 0 heterocycles. The van der Waals surface area contributed by atoms with E-state index in [9.17, 15) is 0 Å². The third-order valence-electron chi connectivity index (χ3n) is 5.67. The Morgan fingerprint density at radius 3 is 1.92 bits per heavy atom. The smallest absolute Gasteiger partial charge is 0.210 e. The fraction of sp³-hybridized carbons (Fsp3) is 0.455. The summed E-state index contributed by atoms with van der Waals surface area (Å²) in [6.07, 6.45) is 7.80. The van der Waals surface area contributed by atoms with E-state index < -0.39 is 0 Å². The maximum absolute atomic E-state index is 6.42. The van der Waals surface area contributed by atoms with Crippen LogP contribution < -0.4 is 16.2 Å². The molecule has 1 fully saturated rings. The lowest BCUT2D eigenvalue weighted by Crippen LogP contribution is -2.45. The Hall–Kier alpha value is -0.955. The molecular weight excluding hydrogens is 360 g/mol. The van der Waals surface area contributed by atoms with Crippen molar-refractivity contribution >= 4 is 40.8 Å². The number of nitrogens with one attached hydrogen (secondary N) is 1. The van der Waals surface area contributed by atoms with Crippen LogP contribution in [0.3, 0.4) is 0 Å². The molecule has 0 saturated heterocycles. The van der Waals surface area contributed by atoms with Gasteiger partial charge >= 0.3 is 0 Å². The third-order valence-corrected chi connectivity index (χ3v) is 6.48. The van der Waals surface area contributed by atoms with E-state index in [1.54, 1.807) is 0 Å². The van der Waals surface area contributed by atoms with Crippen LogP contribution in [0.1, 0.15) is 43.2 Å². The van der Waals surface area contributed by atoms with Gasteiger partial charge in [0.15, 0.2) is 0 Å². The maximum atomic E-state index is 6.42. The topological polar surface area (TPSA) is 12.0 Å². The second-order valence-corrected chi connectivity index (χ2v) is 8.46. The molecule has 138 valence electrons. The lowest BCUT2D eigenvalue weighted by Gasteiger charge is -2.24. The van der Waals surface area contributed by atoms with Crippen LogP contribution in [0.5, 0.6) is 0 Å². The Morgan fingerprint density at radius 1 is 0.885 bits per heavy atom. The van der Waals surface area contributed by atoms with Gasteiger partial charge in [0.05, 0.1) is 0 Å². The minimum Gasteiger partial charge on any atom is -0.315 e. The first kappa shape index (κ1) is 19.8. The van der Waals surface area contributed by atoms with Gasteiger partial charge in [-0.3, -0.25) is 0 Å². The number of rotatable bonds is 6. The van der Waals surface area contributed by atoms with E-state index in [-0.39, 0.29) is 0 Å². The SMILES string of the molecule is Cc1ccc(B(CCNC2CCCCC2)c2ccc(C)c(Cl)c2)cc1Cl. The van der Waals surface area contributed by atoms with Crippen LogP contribution in [0.2, 0.25) is 16.4 Å². The van der Waals surface area contributed by atoms with Crippen molar-refractivity contribution in [3.63, 3.8) is 0 Å². The zero-order valence-electron chi connectivity index (χ0n) is 15.8. The minimum atomic E-state index is 0.308. The fourth-order valence-electron chi connectivity index (χ4n) is 3.92. The first-order valence-electron chi connectivity index (χ1n) is 9.80. The molecule has 0 aliphatic heterocycles. The highest BCUT2D eigenvalue weighted by Crippen LogP contribution is 2.18. The monoisotopic (exact) mass is 387 g/mol. The van der Waals surface area contributed by atoms with Gasteiger partial charge in [0.25, 0.3) is 0 Å². The highest BCUT2D eigenvalue weighted by molar-refractivity contribution is 6.85. The summed E-state index contributed by atoms with van der Waals surface area (Å²) in [5.41, 5.74) is 4.78. The molecule has 4 heteroatoms. The molecule has 0 unspecified atom stereocenters. The molecule has 26 heavy (non-hydrogen) atoms. The molecule has 0 radical (unpaired) electrons. The molecule has 0 spiro atoms. The number of aryl methyl sites for hydroxylation is 2. The Morgan fingerprint density at radius 2 is 1.42 bits per heavy atom. The van der Waals surface area contributed by atoms with E-state index in [0.717, 1.165) is 34.0 Å². The second-order valence-electron chi connectivity index (χ2n) is 7.65. The molecule has 2 aromatic rings. The summed E-state index contributed by atoms with van der Waals surface area (Å²) < 4.78 is 0. The minimum absolute atomic E-state index is 0.308. The molecule has 1 N–H and O–H groups in total. The summed E-state index contributed by atoms with van der Waals surface area (Å²) in [6, 6.07) is 13.6. The largest absolute Gasteiger partial charge is 0.315 e. The summed E-state index contributed by atoms with van der Waals surface area (Å²) in [6.45, 7) is 5.43. The average Bonchev–Trinajstić information content (AvgIpc) is 2.65. The fourth-order valence-corrected chi connectivity index (χ4v) is 4.29.